The molecule has 0 bridgehead atoms. The number of rotatable bonds is 6. The van der Waals surface area contributed by atoms with Gasteiger partial charge in [-0.05, 0) is 32.4 Å². The van der Waals surface area contributed by atoms with Gasteiger partial charge in [0, 0.05) is 18.0 Å². The highest BCUT2D eigenvalue weighted by atomic mass is 16.4. The lowest BCUT2D eigenvalue weighted by Crippen LogP contribution is -2.17. The lowest BCUT2D eigenvalue weighted by atomic mass is 9.96. The molecular weight excluding hydrogens is 356 g/mol. The monoisotopic (exact) mass is 376 g/mol. The van der Waals surface area contributed by atoms with E-state index in [2.05, 4.69) is 26.5 Å². The van der Waals surface area contributed by atoms with Crippen LogP contribution in [-0.4, -0.2) is 30.8 Å². The van der Waals surface area contributed by atoms with Gasteiger partial charge in [-0.15, -0.1) is 0 Å². The number of nitrogens with zero attached hydrogens (tertiary/aromatic N) is 5. The van der Waals surface area contributed by atoms with Gasteiger partial charge >= 0.3 is 5.97 Å². The van der Waals surface area contributed by atoms with Crippen molar-refractivity contribution < 1.29 is 9.90 Å². The zero-order chi connectivity index (χ0) is 20.3. The minimum Gasteiger partial charge on any atom is -0.478 e. The number of aromatic nitrogens is 4. The molecule has 142 valence electrons. The zero-order valence-corrected chi connectivity index (χ0v) is 15.8. The summed E-state index contributed by atoms with van der Waals surface area (Å²) in [7, 11) is 0. The molecule has 0 spiro atoms. The number of anilines is 2. The summed E-state index contributed by atoms with van der Waals surface area (Å²) in [5.74, 6) is -0.676. The van der Waals surface area contributed by atoms with Gasteiger partial charge in [-0.2, -0.15) is 10.4 Å². The van der Waals surface area contributed by atoms with Crippen LogP contribution in [0.15, 0.2) is 42.9 Å². The fourth-order valence-corrected chi connectivity index (χ4v) is 2.74. The van der Waals surface area contributed by atoms with Crippen molar-refractivity contribution in [2.75, 3.05) is 5.32 Å². The van der Waals surface area contributed by atoms with Gasteiger partial charge in [-0.25, -0.2) is 14.8 Å². The molecule has 0 amide bonds. The summed E-state index contributed by atoms with van der Waals surface area (Å²) in [6.45, 7) is 5.98. The minimum atomic E-state index is -1.01. The van der Waals surface area contributed by atoms with Gasteiger partial charge in [-0.1, -0.05) is 18.2 Å². The molecule has 2 heterocycles. The molecule has 0 saturated heterocycles. The molecule has 8 heteroatoms. The van der Waals surface area contributed by atoms with Crippen molar-refractivity contribution in [3.8, 4) is 17.3 Å². The largest absolute Gasteiger partial charge is 0.478 e. The summed E-state index contributed by atoms with van der Waals surface area (Å²) in [6, 6.07) is 8.97. The van der Waals surface area contributed by atoms with E-state index in [4.69, 9.17) is 5.26 Å². The minimum absolute atomic E-state index is 0.182. The summed E-state index contributed by atoms with van der Waals surface area (Å²) >= 11 is 0. The van der Waals surface area contributed by atoms with E-state index in [9.17, 15) is 9.90 Å². The van der Waals surface area contributed by atoms with E-state index >= 15 is 0 Å². The molecule has 0 saturated carbocycles. The normalized spacial score (nSPS) is 11.1. The molecule has 0 aliphatic carbocycles. The third-order valence-corrected chi connectivity index (χ3v) is 4.13. The topological polar surface area (TPSA) is 117 Å². The molecule has 0 aliphatic heterocycles. The first-order valence-electron chi connectivity index (χ1n) is 8.66. The van der Waals surface area contributed by atoms with Crippen molar-refractivity contribution in [3.63, 3.8) is 0 Å². The van der Waals surface area contributed by atoms with Crippen molar-refractivity contribution in [3.05, 3.63) is 54.0 Å². The first kappa shape index (κ1) is 19.0. The molecular formula is C20H20N6O2. The molecule has 1 aromatic carbocycles. The number of nitrogens with one attached hydrogen (secondary N) is 1. The highest BCUT2D eigenvalue weighted by molar-refractivity contribution is 5.95. The van der Waals surface area contributed by atoms with Gasteiger partial charge in [0.1, 0.15) is 0 Å². The number of carbonyl (C=O) groups is 1. The number of hydrogen-bond acceptors (Lipinski definition) is 6. The van der Waals surface area contributed by atoms with E-state index in [1.54, 1.807) is 47.5 Å². The van der Waals surface area contributed by atoms with Gasteiger partial charge in [-0.3, -0.25) is 4.68 Å². The molecule has 28 heavy (non-hydrogen) atoms. The van der Waals surface area contributed by atoms with Crippen LogP contribution in [0.25, 0.3) is 11.3 Å². The van der Waals surface area contributed by atoms with Crippen LogP contribution < -0.4 is 5.32 Å². The molecule has 2 N–H and O–H groups in total. The predicted octanol–water partition coefficient (Wildman–Crippen LogP) is 3.64. The summed E-state index contributed by atoms with van der Waals surface area (Å²) in [5.41, 5.74) is 2.18. The molecule has 0 fully saturated rings. The maximum Gasteiger partial charge on any atom is 0.336 e. The Labute approximate surface area is 162 Å². The number of nitriles is 1. The van der Waals surface area contributed by atoms with Gasteiger partial charge in [0.25, 0.3) is 0 Å². The molecule has 8 nitrogen and oxygen atoms in total. The average molecular weight is 376 g/mol. The number of carboxylic acids is 1. The fraction of sp³-hybridized carbons (Fsp3) is 0.250. The van der Waals surface area contributed by atoms with Gasteiger partial charge in [0.05, 0.1) is 41.2 Å². The SMILES string of the molecule is Cc1cnc(Nc2cnn(CC(C)(C)C#N)c2)nc1-c1ccccc1C(=O)O. The van der Waals surface area contributed by atoms with Crippen LogP contribution in [-0.2, 0) is 6.54 Å². The molecule has 0 atom stereocenters. The molecule has 0 radical (unpaired) electrons. The Hall–Kier alpha value is -3.73. The predicted molar refractivity (Wildman–Crippen MR) is 104 cm³/mol. The highest BCUT2D eigenvalue weighted by Crippen LogP contribution is 2.26. The van der Waals surface area contributed by atoms with Gasteiger partial charge in [0.15, 0.2) is 0 Å². The first-order valence-corrected chi connectivity index (χ1v) is 8.66. The van der Waals surface area contributed by atoms with E-state index in [0.29, 0.717) is 29.4 Å². The molecule has 0 unspecified atom stereocenters. The standard InChI is InChI=1S/C20H20N6O2/c1-13-8-22-19(24-14-9-23-26(10-14)12-20(2,3)11-21)25-17(13)15-6-4-5-7-16(15)18(27)28/h4-10H,12H2,1-3H3,(H,27,28)(H,22,24,25). The van der Waals surface area contributed by atoms with Crippen LogP contribution in [0.3, 0.4) is 0 Å². The van der Waals surface area contributed by atoms with Crippen LogP contribution in [0, 0.1) is 23.7 Å². The van der Waals surface area contributed by atoms with Crippen LogP contribution in [0.2, 0.25) is 0 Å². The van der Waals surface area contributed by atoms with Crippen LogP contribution in [0.5, 0.6) is 0 Å². The molecule has 2 aromatic heterocycles. The van der Waals surface area contributed by atoms with Crippen LogP contribution in [0.1, 0.15) is 29.8 Å². The fourth-order valence-electron chi connectivity index (χ4n) is 2.74. The number of hydrogen-bond donors (Lipinski definition) is 2. The van der Waals surface area contributed by atoms with Crippen molar-refractivity contribution in [1.82, 2.24) is 19.7 Å². The van der Waals surface area contributed by atoms with Gasteiger partial charge < -0.3 is 10.4 Å². The van der Waals surface area contributed by atoms with Crippen LogP contribution in [0.4, 0.5) is 11.6 Å². The van der Waals surface area contributed by atoms with Crippen molar-refractivity contribution in [2.45, 2.75) is 27.3 Å². The summed E-state index contributed by atoms with van der Waals surface area (Å²) in [5, 5.41) is 25.9. The average Bonchev–Trinajstić information content (AvgIpc) is 3.09. The summed E-state index contributed by atoms with van der Waals surface area (Å²) in [4.78, 5) is 20.3. The Bertz CT molecular complexity index is 1060. The van der Waals surface area contributed by atoms with E-state index < -0.39 is 11.4 Å². The van der Waals surface area contributed by atoms with E-state index in [1.165, 1.54) is 0 Å². The maximum absolute atomic E-state index is 11.5. The number of aryl methyl sites for hydroxylation is 1. The quantitative estimate of drug-likeness (QED) is 0.674. The van der Waals surface area contributed by atoms with Crippen molar-refractivity contribution in [2.24, 2.45) is 5.41 Å². The summed E-state index contributed by atoms with van der Waals surface area (Å²) in [6.07, 6.45) is 5.04. The second-order valence-electron chi connectivity index (χ2n) is 7.12. The van der Waals surface area contributed by atoms with Crippen molar-refractivity contribution >= 4 is 17.6 Å². The molecule has 3 rings (SSSR count). The summed E-state index contributed by atoms with van der Waals surface area (Å²) < 4.78 is 1.68. The third-order valence-electron chi connectivity index (χ3n) is 4.13. The molecule has 0 aliphatic rings. The Balaban J connectivity index is 1.89. The molecule has 3 aromatic rings. The Morgan fingerprint density at radius 1 is 1.32 bits per heavy atom. The lowest BCUT2D eigenvalue weighted by molar-refractivity contribution is 0.0697. The number of aromatic carboxylic acids is 1. The van der Waals surface area contributed by atoms with E-state index in [0.717, 1.165) is 5.56 Å². The Morgan fingerprint density at radius 2 is 2.07 bits per heavy atom. The number of benzene rings is 1. The lowest BCUT2D eigenvalue weighted by Gasteiger charge is -2.14. The highest BCUT2D eigenvalue weighted by Gasteiger charge is 2.18. The second kappa shape index (κ2) is 7.48. The Kier molecular flexibility index (Phi) is 5.09. The van der Waals surface area contributed by atoms with Crippen molar-refractivity contribution in [1.29, 1.82) is 5.26 Å². The maximum atomic E-state index is 11.5. The van der Waals surface area contributed by atoms with E-state index in [-0.39, 0.29) is 5.56 Å². The third kappa shape index (κ3) is 4.15. The zero-order valence-electron chi connectivity index (χ0n) is 15.8. The Morgan fingerprint density at radius 3 is 2.79 bits per heavy atom. The smallest absolute Gasteiger partial charge is 0.336 e. The number of carboxylic acid groups (broad SMARTS) is 1. The van der Waals surface area contributed by atoms with E-state index in [1.807, 2.05) is 20.8 Å². The second-order valence-corrected chi connectivity index (χ2v) is 7.12. The van der Waals surface area contributed by atoms with Gasteiger partial charge in [0.2, 0.25) is 5.95 Å². The van der Waals surface area contributed by atoms with Crippen LogP contribution >= 0.6 is 0 Å². The first-order chi connectivity index (χ1) is 13.3.